The Kier molecular flexibility index (Phi) is 3.76. The summed E-state index contributed by atoms with van der Waals surface area (Å²) in [7, 11) is 0. The maximum absolute atomic E-state index is 5.90. The molecule has 1 aromatic heterocycles. The molecule has 17 heavy (non-hydrogen) atoms. The SMILES string of the molecule is CC[C@@H](N)c1nc(Cc2cccc(Cl)c2)no1. The Hall–Kier alpha value is -1.39. The second-order valence-electron chi connectivity index (χ2n) is 3.87. The fourth-order valence-electron chi connectivity index (χ4n) is 1.49. The summed E-state index contributed by atoms with van der Waals surface area (Å²) in [6, 6.07) is 7.41. The van der Waals surface area contributed by atoms with Crippen molar-refractivity contribution >= 4 is 11.6 Å². The fourth-order valence-corrected chi connectivity index (χ4v) is 1.71. The van der Waals surface area contributed by atoms with Gasteiger partial charge in [-0.2, -0.15) is 4.98 Å². The van der Waals surface area contributed by atoms with Gasteiger partial charge in [0.15, 0.2) is 5.82 Å². The molecule has 0 spiro atoms. The van der Waals surface area contributed by atoms with E-state index in [9.17, 15) is 0 Å². The van der Waals surface area contributed by atoms with Gasteiger partial charge < -0.3 is 10.3 Å². The molecule has 1 aromatic carbocycles. The van der Waals surface area contributed by atoms with Crippen LogP contribution in [0, 0.1) is 0 Å². The van der Waals surface area contributed by atoms with Crippen molar-refractivity contribution in [1.82, 2.24) is 10.1 Å². The highest BCUT2D eigenvalue weighted by Crippen LogP contribution is 2.15. The summed E-state index contributed by atoms with van der Waals surface area (Å²) in [6.45, 7) is 1.98. The third-order valence-electron chi connectivity index (χ3n) is 2.49. The highest BCUT2D eigenvalue weighted by molar-refractivity contribution is 6.30. The topological polar surface area (TPSA) is 64.9 Å². The second-order valence-corrected chi connectivity index (χ2v) is 4.31. The van der Waals surface area contributed by atoms with Gasteiger partial charge in [-0.3, -0.25) is 0 Å². The van der Waals surface area contributed by atoms with Crippen molar-refractivity contribution in [1.29, 1.82) is 0 Å². The zero-order chi connectivity index (χ0) is 12.3. The molecular formula is C12H14ClN3O. The molecule has 0 amide bonds. The normalized spacial score (nSPS) is 12.6. The molecule has 0 saturated carbocycles. The third-order valence-corrected chi connectivity index (χ3v) is 2.73. The fraction of sp³-hybridized carbons (Fsp3) is 0.333. The molecule has 2 N–H and O–H groups in total. The number of benzene rings is 1. The van der Waals surface area contributed by atoms with Crippen LogP contribution >= 0.6 is 11.6 Å². The molecular weight excluding hydrogens is 238 g/mol. The quantitative estimate of drug-likeness (QED) is 0.907. The molecule has 0 saturated heterocycles. The van der Waals surface area contributed by atoms with E-state index in [1.54, 1.807) is 0 Å². The van der Waals surface area contributed by atoms with E-state index in [0.29, 0.717) is 23.2 Å². The molecule has 2 aromatic rings. The maximum atomic E-state index is 5.90. The average Bonchev–Trinajstić information content (AvgIpc) is 2.76. The molecule has 0 aliphatic heterocycles. The smallest absolute Gasteiger partial charge is 0.243 e. The van der Waals surface area contributed by atoms with E-state index in [1.807, 2.05) is 31.2 Å². The Balaban J connectivity index is 2.11. The molecule has 1 atom stereocenters. The lowest BCUT2D eigenvalue weighted by molar-refractivity contribution is 0.348. The van der Waals surface area contributed by atoms with Gasteiger partial charge in [0.2, 0.25) is 5.89 Å². The van der Waals surface area contributed by atoms with E-state index in [-0.39, 0.29) is 6.04 Å². The Labute approximate surface area is 105 Å². The number of hydrogen-bond donors (Lipinski definition) is 1. The van der Waals surface area contributed by atoms with E-state index < -0.39 is 0 Å². The van der Waals surface area contributed by atoms with Crippen LogP contribution in [0.25, 0.3) is 0 Å². The predicted octanol–water partition coefficient (Wildman–Crippen LogP) is 2.72. The first kappa shape index (κ1) is 12.1. The summed E-state index contributed by atoms with van der Waals surface area (Å²) in [5.41, 5.74) is 6.86. The first-order chi connectivity index (χ1) is 8.19. The van der Waals surface area contributed by atoms with Crippen LogP contribution in [-0.2, 0) is 6.42 Å². The predicted molar refractivity (Wildman–Crippen MR) is 65.8 cm³/mol. The van der Waals surface area contributed by atoms with Crippen LogP contribution in [0.1, 0.15) is 36.7 Å². The lowest BCUT2D eigenvalue weighted by Crippen LogP contribution is -2.08. The Morgan fingerprint density at radius 1 is 1.47 bits per heavy atom. The Morgan fingerprint density at radius 3 is 3.00 bits per heavy atom. The highest BCUT2D eigenvalue weighted by atomic mass is 35.5. The van der Waals surface area contributed by atoms with Crippen molar-refractivity contribution in [3.8, 4) is 0 Å². The van der Waals surface area contributed by atoms with E-state index in [1.165, 1.54) is 0 Å². The lowest BCUT2D eigenvalue weighted by atomic mass is 10.1. The van der Waals surface area contributed by atoms with Gasteiger partial charge in [0.05, 0.1) is 6.04 Å². The van der Waals surface area contributed by atoms with Gasteiger partial charge in [-0.05, 0) is 24.1 Å². The third kappa shape index (κ3) is 3.05. The monoisotopic (exact) mass is 251 g/mol. The van der Waals surface area contributed by atoms with Crippen LogP contribution in [0.4, 0.5) is 0 Å². The Bertz CT molecular complexity index is 498. The number of rotatable bonds is 4. The molecule has 2 rings (SSSR count). The molecule has 90 valence electrons. The molecule has 5 heteroatoms. The van der Waals surface area contributed by atoms with Crippen molar-refractivity contribution in [3.05, 3.63) is 46.6 Å². The summed E-state index contributed by atoms with van der Waals surface area (Å²) in [4.78, 5) is 4.26. The van der Waals surface area contributed by atoms with Crippen molar-refractivity contribution in [2.45, 2.75) is 25.8 Å². The van der Waals surface area contributed by atoms with Gasteiger partial charge in [0, 0.05) is 11.4 Å². The Morgan fingerprint density at radius 2 is 2.29 bits per heavy atom. The van der Waals surface area contributed by atoms with Crippen LogP contribution < -0.4 is 5.73 Å². The van der Waals surface area contributed by atoms with Crippen molar-refractivity contribution in [2.24, 2.45) is 5.73 Å². The zero-order valence-electron chi connectivity index (χ0n) is 9.56. The molecule has 0 unspecified atom stereocenters. The average molecular weight is 252 g/mol. The van der Waals surface area contributed by atoms with Crippen LogP contribution in [-0.4, -0.2) is 10.1 Å². The number of nitrogens with zero attached hydrogens (tertiary/aromatic N) is 2. The second kappa shape index (κ2) is 5.29. The van der Waals surface area contributed by atoms with Gasteiger partial charge >= 0.3 is 0 Å². The molecule has 4 nitrogen and oxygen atoms in total. The van der Waals surface area contributed by atoms with E-state index >= 15 is 0 Å². The lowest BCUT2D eigenvalue weighted by Gasteiger charge is -1.99. The minimum absolute atomic E-state index is 0.185. The summed E-state index contributed by atoms with van der Waals surface area (Å²) < 4.78 is 5.10. The molecule has 0 aliphatic carbocycles. The highest BCUT2D eigenvalue weighted by Gasteiger charge is 2.12. The largest absolute Gasteiger partial charge is 0.338 e. The maximum Gasteiger partial charge on any atom is 0.243 e. The molecule has 1 heterocycles. The number of nitrogens with two attached hydrogens (primary N) is 1. The number of hydrogen-bond acceptors (Lipinski definition) is 4. The van der Waals surface area contributed by atoms with Crippen molar-refractivity contribution in [2.75, 3.05) is 0 Å². The molecule has 0 bridgehead atoms. The number of halogens is 1. The standard InChI is InChI=1S/C12H14ClN3O/c1-2-10(14)12-15-11(16-17-12)7-8-4-3-5-9(13)6-8/h3-6,10H,2,7,14H2,1H3/t10-/m1/s1. The zero-order valence-corrected chi connectivity index (χ0v) is 10.3. The van der Waals surface area contributed by atoms with Gasteiger partial charge in [-0.15, -0.1) is 0 Å². The summed E-state index contributed by atoms with van der Waals surface area (Å²) in [6.07, 6.45) is 1.37. The van der Waals surface area contributed by atoms with E-state index in [0.717, 1.165) is 12.0 Å². The molecule has 0 aliphatic rings. The summed E-state index contributed by atoms with van der Waals surface area (Å²) >= 11 is 5.90. The minimum Gasteiger partial charge on any atom is -0.338 e. The van der Waals surface area contributed by atoms with Crippen LogP contribution in [0.15, 0.2) is 28.8 Å². The first-order valence-corrected chi connectivity index (χ1v) is 5.89. The van der Waals surface area contributed by atoms with Gasteiger partial charge in [0.1, 0.15) is 0 Å². The van der Waals surface area contributed by atoms with Gasteiger partial charge in [-0.1, -0.05) is 35.8 Å². The first-order valence-electron chi connectivity index (χ1n) is 5.51. The van der Waals surface area contributed by atoms with Crippen LogP contribution in [0.3, 0.4) is 0 Å². The minimum atomic E-state index is -0.185. The van der Waals surface area contributed by atoms with E-state index in [4.69, 9.17) is 21.9 Å². The van der Waals surface area contributed by atoms with Crippen LogP contribution in [0.5, 0.6) is 0 Å². The number of aromatic nitrogens is 2. The summed E-state index contributed by atoms with van der Waals surface area (Å²) in [5.74, 6) is 1.12. The van der Waals surface area contributed by atoms with E-state index in [2.05, 4.69) is 10.1 Å². The van der Waals surface area contributed by atoms with Crippen LogP contribution in [0.2, 0.25) is 5.02 Å². The van der Waals surface area contributed by atoms with Crippen molar-refractivity contribution < 1.29 is 4.52 Å². The van der Waals surface area contributed by atoms with Crippen molar-refractivity contribution in [3.63, 3.8) is 0 Å². The van der Waals surface area contributed by atoms with Gasteiger partial charge in [-0.25, -0.2) is 0 Å². The summed E-state index contributed by atoms with van der Waals surface area (Å²) in [5, 5.41) is 4.61. The molecule has 0 fully saturated rings. The molecule has 0 radical (unpaired) electrons. The van der Waals surface area contributed by atoms with Gasteiger partial charge in [0.25, 0.3) is 0 Å².